The van der Waals surface area contributed by atoms with E-state index in [1.165, 1.54) is 12.3 Å². The van der Waals surface area contributed by atoms with Crippen LogP contribution in [0.3, 0.4) is 0 Å². The van der Waals surface area contributed by atoms with E-state index < -0.39 is 30.2 Å². The molecular formula is C18H23BF3N3O2. The van der Waals surface area contributed by atoms with E-state index in [-0.39, 0.29) is 6.04 Å². The Labute approximate surface area is 157 Å². The molecule has 0 saturated carbocycles. The highest BCUT2D eigenvalue weighted by atomic mass is 19.4. The molecule has 0 aromatic carbocycles. The van der Waals surface area contributed by atoms with Gasteiger partial charge in [0.15, 0.2) is 0 Å². The Kier molecular flexibility index (Phi) is 4.88. The molecule has 9 heteroatoms. The van der Waals surface area contributed by atoms with Gasteiger partial charge in [0.2, 0.25) is 0 Å². The van der Waals surface area contributed by atoms with Gasteiger partial charge in [0.1, 0.15) is 5.69 Å². The second-order valence-corrected chi connectivity index (χ2v) is 7.74. The molecular weight excluding hydrogens is 358 g/mol. The van der Waals surface area contributed by atoms with Gasteiger partial charge >= 0.3 is 13.3 Å². The molecule has 0 unspecified atom stereocenters. The van der Waals surface area contributed by atoms with Gasteiger partial charge in [0.25, 0.3) is 0 Å². The maximum atomic E-state index is 12.7. The van der Waals surface area contributed by atoms with Gasteiger partial charge in [0.05, 0.1) is 17.2 Å². The van der Waals surface area contributed by atoms with Crippen LogP contribution in [0.2, 0.25) is 0 Å². The number of aromatic nitrogens is 3. The summed E-state index contributed by atoms with van der Waals surface area (Å²) < 4.78 is 51.9. The van der Waals surface area contributed by atoms with Crippen molar-refractivity contribution in [3.63, 3.8) is 0 Å². The van der Waals surface area contributed by atoms with Crippen molar-refractivity contribution in [3.05, 3.63) is 42.0 Å². The van der Waals surface area contributed by atoms with Crippen LogP contribution in [0, 0.1) is 0 Å². The monoisotopic (exact) mass is 381 g/mol. The molecule has 1 atom stereocenters. The van der Waals surface area contributed by atoms with Crippen molar-refractivity contribution in [1.82, 2.24) is 14.8 Å². The first-order chi connectivity index (χ1) is 12.4. The van der Waals surface area contributed by atoms with Gasteiger partial charge in [0, 0.05) is 24.1 Å². The molecule has 146 valence electrons. The Morgan fingerprint density at radius 2 is 1.74 bits per heavy atom. The van der Waals surface area contributed by atoms with Gasteiger partial charge in [-0.3, -0.25) is 9.67 Å². The summed E-state index contributed by atoms with van der Waals surface area (Å²) in [5, 5.41) is 4.38. The van der Waals surface area contributed by atoms with Gasteiger partial charge in [-0.15, -0.1) is 0 Å². The van der Waals surface area contributed by atoms with Gasteiger partial charge < -0.3 is 9.31 Å². The van der Waals surface area contributed by atoms with Gasteiger partial charge in [-0.05, 0) is 45.7 Å². The Hall–Kier alpha value is -1.87. The lowest BCUT2D eigenvalue weighted by Crippen LogP contribution is -2.41. The zero-order valence-corrected chi connectivity index (χ0v) is 16.0. The van der Waals surface area contributed by atoms with Crippen LogP contribution in [0.5, 0.6) is 0 Å². The molecule has 0 aliphatic carbocycles. The van der Waals surface area contributed by atoms with E-state index in [0.29, 0.717) is 12.0 Å². The lowest BCUT2D eigenvalue weighted by atomic mass is 9.82. The predicted octanol–water partition coefficient (Wildman–Crippen LogP) is 3.60. The van der Waals surface area contributed by atoms with Crippen molar-refractivity contribution in [3.8, 4) is 0 Å². The second kappa shape index (κ2) is 6.63. The van der Waals surface area contributed by atoms with E-state index in [1.807, 2.05) is 40.8 Å². The molecule has 5 nitrogen and oxygen atoms in total. The van der Waals surface area contributed by atoms with Crippen LogP contribution in [0.25, 0.3) is 0 Å². The standard InChI is InChI=1S/C18H23BF3N3O2/c1-6-14(12-7-8-15(23-9-12)18(20,21)22)25-11-13(10-24-25)19-26-16(2,3)17(4,5)27-19/h7-11,14H,6H2,1-5H3/t14-/m0/s1. The third-order valence-corrected chi connectivity index (χ3v) is 5.31. The van der Waals surface area contributed by atoms with Crippen LogP contribution in [-0.4, -0.2) is 33.1 Å². The van der Waals surface area contributed by atoms with E-state index in [0.717, 1.165) is 11.5 Å². The largest absolute Gasteiger partial charge is 0.498 e. The number of hydrogen-bond acceptors (Lipinski definition) is 4. The van der Waals surface area contributed by atoms with Crippen molar-refractivity contribution in [2.24, 2.45) is 0 Å². The molecule has 0 bridgehead atoms. The first kappa shape index (κ1) is 19.9. The van der Waals surface area contributed by atoms with Crippen molar-refractivity contribution in [1.29, 1.82) is 0 Å². The normalized spacial score (nSPS) is 20.1. The van der Waals surface area contributed by atoms with Crippen LogP contribution in [0.4, 0.5) is 13.2 Å². The Balaban J connectivity index is 1.82. The first-order valence-electron chi connectivity index (χ1n) is 8.87. The van der Waals surface area contributed by atoms with Crippen molar-refractivity contribution in [2.45, 2.75) is 64.5 Å². The van der Waals surface area contributed by atoms with E-state index in [9.17, 15) is 13.2 Å². The number of rotatable bonds is 4. The van der Waals surface area contributed by atoms with Crippen LogP contribution in [0.15, 0.2) is 30.7 Å². The number of hydrogen-bond donors (Lipinski definition) is 0. The summed E-state index contributed by atoms with van der Waals surface area (Å²) >= 11 is 0. The van der Waals surface area contributed by atoms with Crippen LogP contribution >= 0.6 is 0 Å². The molecule has 3 heterocycles. The van der Waals surface area contributed by atoms with Gasteiger partial charge in [-0.25, -0.2) is 0 Å². The summed E-state index contributed by atoms with van der Waals surface area (Å²) in [5.74, 6) is 0. The highest BCUT2D eigenvalue weighted by Gasteiger charge is 2.52. The molecule has 2 aromatic rings. The topological polar surface area (TPSA) is 49.2 Å². The third-order valence-electron chi connectivity index (χ3n) is 5.31. The van der Waals surface area contributed by atoms with E-state index >= 15 is 0 Å². The summed E-state index contributed by atoms with van der Waals surface area (Å²) in [6.07, 6.45) is 0.941. The van der Waals surface area contributed by atoms with Crippen LogP contribution in [-0.2, 0) is 15.5 Å². The molecule has 1 saturated heterocycles. The van der Waals surface area contributed by atoms with E-state index in [1.54, 1.807) is 10.9 Å². The molecule has 2 aromatic heterocycles. The molecule has 27 heavy (non-hydrogen) atoms. The zero-order valence-electron chi connectivity index (χ0n) is 16.0. The molecule has 1 aliphatic rings. The van der Waals surface area contributed by atoms with Crippen molar-refractivity contribution < 1.29 is 22.5 Å². The Morgan fingerprint density at radius 1 is 1.11 bits per heavy atom. The smallest absolute Gasteiger partial charge is 0.399 e. The number of pyridine rings is 1. The summed E-state index contributed by atoms with van der Waals surface area (Å²) in [5.41, 5.74) is -0.386. The molecule has 1 aliphatic heterocycles. The highest BCUT2D eigenvalue weighted by Crippen LogP contribution is 2.36. The maximum Gasteiger partial charge on any atom is 0.498 e. The Morgan fingerprint density at radius 3 is 2.22 bits per heavy atom. The average molecular weight is 381 g/mol. The van der Waals surface area contributed by atoms with Crippen molar-refractivity contribution in [2.75, 3.05) is 0 Å². The molecule has 0 spiro atoms. The molecule has 0 amide bonds. The minimum Gasteiger partial charge on any atom is -0.399 e. The average Bonchev–Trinajstić information content (AvgIpc) is 3.11. The fourth-order valence-electron chi connectivity index (χ4n) is 2.97. The third kappa shape index (κ3) is 3.75. The first-order valence-corrected chi connectivity index (χ1v) is 8.87. The fourth-order valence-corrected chi connectivity index (χ4v) is 2.97. The number of halogens is 3. The molecule has 1 fully saturated rings. The second-order valence-electron chi connectivity index (χ2n) is 7.74. The highest BCUT2D eigenvalue weighted by molar-refractivity contribution is 6.62. The fraction of sp³-hybridized carbons (Fsp3) is 0.556. The summed E-state index contributed by atoms with van der Waals surface area (Å²) in [6, 6.07) is 2.22. The molecule has 0 radical (unpaired) electrons. The predicted molar refractivity (Wildman–Crippen MR) is 95.6 cm³/mol. The number of alkyl halides is 3. The minimum absolute atomic E-state index is 0.226. The van der Waals surface area contributed by atoms with E-state index in [4.69, 9.17) is 9.31 Å². The van der Waals surface area contributed by atoms with Gasteiger partial charge in [-0.2, -0.15) is 18.3 Å². The minimum atomic E-state index is -4.45. The molecule has 0 N–H and O–H groups in total. The lowest BCUT2D eigenvalue weighted by molar-refractivity contribution is -0.141. The summed E-state index contributed by atoms with van der Waals surface area (Å²) in [6.45, 7) is 9.83. The molecule has 3 rings (SSSR count). The summed E-state index contributed by atoms with van der Waals surface area (Å²) in [4.78, 5) is 3.55. The SMILES string of the molecule is CC[C@@H](c1ccc(C(F)(F)F)nc1)n1cc(B2OC(C)(C)C(C)(C)O2)cn1. The quantitative estimate of drug-likeness (QED) is 0.760. The number of nitrogens with zero attached hydrogens (tertiary/aromatic N) is 3. The van der Waals surface area contributed by atoms with E-state index in [2.05, 4.69) is 10.1 Å². The van der Waals surface area contributed by atoms with Gasteiger partial charge in [-0.1, -0.05) is 13.0 Å². The maximum absolute atomic E-state index is 12.7. The lowest BCUT2D eigenvalue weighted by Gasteiger charge is -2.32. The summed E-state index contributed by atoms with van der Waals surface area (Å²) in [7, 11) is -0.535. The van der Waals surface area contributed by atoms with Crippen LogP contribution < -0.4 is 5.46 Å². The zero-order chi connectivity index (χ0) is 20.0. The van der Waals surface area contributed by atoms with Crippen molar-refractivity contribution >= 4 is 12.6 Å². The van der Waals surface area contributed by atoms with Crippen LogP contribution in [0.1, 0.15) is 58.3 Å². The Bertz CT molecular complexity index is 787.